The van der Waals surface area contributed by atoms with Gasteiger partial charge in [0.2, 0.25) is 0 Å². The van der Waals surface area contributed by atoms with Gasteiger partial charge in [0.15, 0.2) is 0 Å². The number of aryl methyl sites for hydroxylation is 1. The highest BCUT2D eigenvalue weighted by molar-refractivity contribution is 5.54. The first kappa shape index (κ1) is 14.9. The number of hydrogen-bond donors (Lipinski definition) is 1. The Morgan fingerprint density at radius 3 is 3.00 bits per heavy atom. The van der Waals surface area contributed by atoms with E-state index in [4.69, 9.17) is 0 Å². The van der Waals surface area contributed by atoms with Crippen LogP contribution < -0.4 is 10.2 Å². The minimum Gasteiger partial charge on any atom is -0.371 e. The third-order valence-electron chi connectivity index (χ3n) is 5.45. The van der Waals surface area contributed by atoms with Crippen molar-refractivity contribution in [2.24, 2.45) is 11.8 Å². The molecule has 0 bridgehead atoms. The number of benzene rings is 1. The lowest BCUT2D eigenvalue weighted by molar-refractivity contribution is 0.269. The molecule has 2 aliphatic heterocycles. The Kier molecular flexibility index (Phi) is 5.18. The Labute approximate surface area is 129 Å². The van der Waals surface area contributed by atoms with Crippen molar-refractivity contribution in [3.05, 3.63) is 29.8 Å². The summed E-state index contributed by atoms with van der Waals surface area (Å²) in [6.45, 7) is 7.39. The van der Waals surface area contributed by atoms with Crippen LogP contribution in [0.15, 0.2) is 24.3 Å². The Morgan fingerprint density at radius 2 is 2.14 bits per heavy atom. The highest BCUT2D eigenvalue weighted by Crippen LogP contribution is 2.28. The molecule has 1 N–H and O–H groups in total. The summed E-state index contributed by atoms with van der Waals surface area (Å²) in [5, 5.41) is 3.57. The first-order valence-corrected chi connectivity index (χ1v) is 8.88. The zero-order valence-corrected chi connectivity index (χ0v) is 13.5. The maximum atomic E-state index is 3.57. The molecule has 1 fully saturated rings. The third kappa shape index (κ3) is 3.79. The summed E-state index contributed by atoms with van der Waals surface area (Å²) in [4.78, 5) is 2.65. The number of hydrogen-bond acceptors (Lipinski definition) is 2. The molecule has 2 aliphatic rings. The lowest BCUT2D eigenvalue weighted by atomic mass is 9.85. The topological polar surface area (TPSA) is 15.3 Å². The minimum atomic E-state index is 0.841. The van der Waals surface area contributed by atoms with Crippen LogP contribution in [0, 0.1) is 11.8 Å². The van der Waals surface area contributed by atoms with Gasteiger partial charge in [-0.05, 0) is 75.1 Å². The predicted octanol–water partition coefficient (Wildman–Crippen LogP) is 3.86. The summed E-state index contributed by atoms with van der Waals surface area (Å²) in [7, 11) is 0. The molecule has 21 heavy (non-hydrogen) atoms. The molecule has 3 rings (SSSR count). The number of nitrogens with one attached hydrogen (secondary N) is 1. The zero-order valence-electron chi connectivity index (χ0n) is 13.5. The Bertz CT molecular complexity index is 437. The first-order valence-electron chi connectivity index (χ1n) is 8.88. The van der Waals surface area contributed by atoms with Crippen LogP contribution in [0.5, 0.6) is 0 Å². The third-order valence-corrected chi connectivity index (χ3v) is 5.45. The van der Waals surface area contributed by atoms with Gasteiger partial charge in [-0.25, -0.2) is 0 Å². The van der Waals surface area contributed by atoms with E-state index < -0.39 is 0 Å². The zero-order chi connectivity index (χ0) is 14.5. The molecule has 1 saturated heterocycles. The van der Waals surface area contributed by atoms with Crippen LogP contribution in [0.25, 0.3) is 0 Å². The van der Waals surface area contributed by atoms with E-state index >= 15 is 0 Å². The molecule has 1 aromatic rings. The molecule has 0 amide bonds. The van der Waals surface area contributed by atoms with Gasteiger partial charge in [0.25, 0.3) is 0 Å². The van der Waals surface area contributed by atoms with E-state index in [1.54, 1.807) is 5.56 Å². The van der Waals surface area contributed by atoms with Gasteiger partial charge in [0.05, 0.1) is 0 Å². The van der Waals surface area contributed by atoms with Crippen LogP contribution in [-0.4, -0.2) is 26.2 Å². The fourth-order valence-corrected chi connectivity index (χ4v) is 3.96. The Balaban J connectivity index is 1.59. The number of rotatable bonds is 4. The van der Waals surface area contributed by atoms with Crippen molar-refractivity contribution in [1.82, 2.24) is 5.32 Å². The van der Waals surface area contributed by atoms with E-state index in [0.29, 0.717) is 0 Å². The van der Waals surface area contributed by atoms with Crippen molar-refractivity contribution < 1.29 is 0 Å². The predicted molar refractivity (Wildman–Crippen MR) is 91.0 cm³/mol. The second-order valence-electron chi connectivity index (χ2n) is 6.95. The van der Waals surface area contributed by atoms with E-state index in [1.165, 1.54) is 70.4 Å². The SMILES string of the molecule is CC(CCN1CCCCc2ccccc21)C1CCCNC1. The van der Waals surface area contributed by atoms with Crippen molar-refractivity contribution in [3.63, 3.8) is 0 Å². The van der Waals surface area contributed by atoms with Gasteiger partial charge in [0, 0.05) is 18.8 Å². The molecule has 2 heterocycles. The molecule has 0 aliphatic carbocycles. The van der Waals surface area contributed by atoms with Gasteiger partial charge in [-0.3, -0.25) is 0 Å². The van der Waals surface area contributed by atoms with Gasteiger partial charge in [-0.2, -0.15) is 0 Å². The van der Waals surface area contributed by atoms with E-state index in [1.807, 2.05) is 0 Å². The summed E-state index contributed by atoms with van der Waals surface area (Å²) in [6, 6.07) is 9.04. The number of fused-ring (bicyclic) bond motifs is 1. The maximum absolute atomic E-state index is 3.57. The van der Waals surface area contributed by atoms with Gasteiger partial charge >= 0.3 is 0 Å². The molecular weight excluding hydrogens is 256 g/mol. The fourth-order valence-electron chi connectivity index (χ4n) is 3.96. The molecule has 2 unspecified atom stereocenters. The van der Waals surface area contributed by atoms with Crippen molar-refractivity contribution in [1.29, 1.82) is 0 Å². The molecule has 0 saturated carbocycles. The quantitative estimate of drug-likeness (QED) is 0.904. The lowest BCUT2D eigenvalue weighted by Gasteiger charge is -2.31. The molecule has 0 aromatic heterocycles. The van der Waals surface area contributed by atoms with Crippen molar-refractivity contribution in [2.75, 3.05) is 31.1 Å². The molecule has 0 spiro atoms. The molecule has 1 aromatic carbocycles. The van der Waals surface area contributed by atoms with Gasteiger partial charge in [-0.1, -0.05) is 25.1 Å². The van der Waals surface area contributed by atoms with E-state index in [-0.39, 0.29) is 0 Å². The maximum Gasteiger partial charge on any atom is 0.0398 e. The van der Waals surface area contributed by atoms with E-state index in [9.17, 15) is 0 Å². The van der Waals surface area contributed by atoms with Crippen LogP contribution in [0.1, 0.15) is 44.6 Å². The molecule has 0 radical (unpaired) electrons. The largest absolute Gasteiger partial charge is 0.371 e. The van der Waals surface area contributed by atoms with E-state index in [0.717, 1.165) is 11.8 Å². The second-order valence-corrected chi connectivity index (χ2v) is 6.95. The highest BCUT2D eigenvalue weighted by atomic mass is 15.1. The second kappa shape index (κ2) is 7.31. The van der Waals surface area contributed by atoms with Crippen LogP contribution in [0.3, 0.4) is 0 Å². The van der Waals surface area contributed by atoms with Gasteiger partial charge in [-0.15, -0.1) is 0 Å². The smallest absolute Gasteiger partial charge is 0.0398 e. The monoisotopic (exact) mass is 286 g/mol. The Hall–Kier alpha value is -1.02. The average Bonchev–Trinajstić information content (AvgIpc) is 2.76. The lowest BCUT2D eigenvalue weighted by Crippen LogP contribution is -2.35. The van der Waals surface area contributed by atoms with E-state index in [2.05, 4.69) is 41.4 Å². The van der Waals surface area contributed by atoms with Crippen LogP contribution in [-0.2, 0) is 6.42 Å². The molecule has 2 nitrogen and oxygen atoms in total. The summed E-state index contributed by atoms with van der Waals surface area (Å²) >= 11 is 0. The molecule has 116 valence electrons. The molecular formula is C19H30N2. The summed E-state index contributed by atoms with van der Waals surface area (Å²) in [6.07, 6.45) is 8.06. The number of nitrogens with zero attached hydrogens (tertiary/aromatic N) is 1. The van der Waals surface area contributed by atoms with Crippen LogP contribution in [0.4, 0.5) is 5.69 Å². The summed E-state index contributed by atoms with van der Waals surface area (Å²) < 4.78 is 0. The Morgan fingerprint density at radius 1 is 1.24 bits per heavy atom. The van der Waals surface area contributed by atoms with Crippen molar-refractivity contribution in [3.8, 4) is 0 Å². The first-order chi connectivity index (χ1) is 10.3. The number of para-hydroxylation sites is 1. The van der Waals surface area contributed by atoms with Crippen LogP contribution in [0.2, 0.25) is 0 Å². The molecule has 2 heteroatoms. The summed E-state index contributed by atoms with van der Waals surface area (Å²) in [5.74, 6) is 1.73. The summed E-state index contributed by atoms with van der Waals surface area (Å²) in [5.41, 5.74) is 3.06. The average molecular weight is 286 g/mol. The fraction of sp³-hybridized carbons (Fsp3) is 0.684. The standard InChI is InChI=1S/C19H30N2/c1-16(18-9-6-12-20-15-18)11-14-21-13-5-4-8-17-7-2-3-10-19(17)21/h2-3,7,10,16,18,20H,4-6,8-9,11-15H2,1H3. The normalized spacial score (nSPS) is 24.2. The minimum absolute atomic E-state index is 0.841. The van der Waals surface area contributed by atoms with Gasteiger partial charge < -0.3 is 10.2 Å². The van der Waals surface area contributed by atoms with Crippen molar-refractivity contribution >= 4 is 5.69 Å². The van der Waals surface area contributed by atoms with Gasteiger partial charge in [0.1, 0.15) is 0 Å². The van der Waals surface area contributed by atoms with Crippen molar-refractivity contribution in [2.45, 2.75) is 45.4 Å². The number of piperidine rings is 1. The molecule has 2 atom stereocenters. The number of anilines is 1. The van der Waals surface area contributed by atoms with Crippen LogP contribution >= 0.6 is 0 Å². The highest BCUT2D eigenvalue weighted by Gasteiger charge is 2.21.